The van der Waals surface area contributed by atoms with E-state index in [1.807, 2.05) is 45.4 Å². The minimum absolute atomic E-state index is 0.0363. The van der Waals surface area contributed by atoms with Crippen molar-refractivity contribution in [3.8, 4) is 29.4 Å². The Morgan fingerprint density at radius 3 is 2.50 bits per heavy atom. The molecule has 0 spiro atoms. The van der Waals surface area contributed by atoms with Crippen LogP contribution >= 0.6 is 34.8 Å². The van der Waals surface area contributed by atoms with Gasteiger partial charge in [0.25, 0.3) is 5.91 Å². The maximum Gasteiger partial charge on any atom is 0.251 e. The number of benzene rings is 3. The van der Waals surface area contributed by atoms with Crippen molar-refractivity contribution in [3.05, 3.63) is 133 Å². The maximum atomic E-state index is 16.2. The van der Waals surface area contributed by atoms with Gasteiger partial charge >= 0.3 is 0 Å². The lowest BCUT2D eigenvalue weighted by molar-refractivity contribution is -0.118. The molecule has 1 aliphatic heterocycles. The van der Waals surface area contributed by atoms with E-state index in [4.69, 9.17) is 50.0 Å². The number of rotatable bonds is 14. The second-order valence-corrected chi connectivity index (χ2v) is 19.6. The molecule has 18 heteroatoms. The van der Waals surface area contributed by atoms with Crippen LogP contribution in [0.15, 0.2) is 67.0 Å². The molecular weight excluding hydrogens is 959 g/mol. The first-order valence-corrected chi connectivity index (χ1v) is 23.6. The number of hydrogen-bond donors (Lipinski definition) is 4. The van der Waals surface area contributed by atoms with Gasteiger partial charge in [-0.3, -0.25) is 14.6 Å². The molecule has 0 aliphatic carbocycles. The number of amides is 2. The van der Waals surface area contributed by atoms with E-state index in [0.717, 1.165) is 28.6 Å². The van der Waals surface area contributed by atoms with Gasteiger partial charge in [0.2, 0.25) is 11.9 Å². The summed E-state index contributed by atoms with van der Waals surface area (Å²) in [5.74, 6) is 3.45. The molecule has 0 bridgehead atoms. The van der Waals surface area contributed by atoms with Gasteiger partial charge in [0, 0.05) is 64.6 Å². The molecule has 1 saturated heterocycles. The van der Waals surface area contributed by atoms with E-state index in [0.29, 0.717) is 55.4 Å². The molecule has 4 heterocycles. The number of carbonyl (C=O) groups excluding carboxylic acids is 2. The number of ether oxygens (including phenoxy) is 2. The molecular formula is C52H52Cl3F2N9O4. The third kappa shape index (κ3) is 10.5. The zero-order chi connectivity index (χ0) is 50.7. The number of pyridine rings is 1. The summed E-state index contributed by atoms with van der Waals surface area (Å²) in [5.41, 5.74) is 7.91. The Bertz CT molecular complexity index is 3110. The molecule has 0 radical (unpaired) electrons. The highest BCUT2D eigenvalue weighted by Gasteiger charge is 2.61. The summed E-state index contributed by atoms with van der Waals surface area (Å²) in [6.45, 7) is 10.5. The Hall–Kier alpha value is -6.49. The number of nitrogen functional groups attached to an aromatic ring is 1. The zero-order valence-corrected chi connectivity index (χ0v) is 41.9. The summed E-state index contributed by atoms with van der Waals surface area (Å²) < 4.78 is 45.4. The summed E-state index contributed by atoms with van der Waals surface area (Å²) in [5, 5.41) is 20.9. The largest absolute Gasteiger partial charge is 0.496 e. The normalized spacial score (nSPS) is 17.7. The van der Waals surface area contributed by atoms with Gasteiger partial charge in [0.05, 0.1) is 60.2 Å². The second-order valence-electron chi connectivity index (χ2n) is 18.4. The van der Waals surface area contributed by atoms with Crippen LogP contribution in [0.25, 0.3) is 11.0 Å². The van der Waals surface area contributed by atoms with E-state index in [1.165, 1.54) is 55.6 Å². The number of nitrogens with two attached hydrogens (primary N) is 1. The first-order chi connectivity index (χ1) is 33.3. The van der Waals surface area contributed by atoms with Crippen LogP contribution in [0.3, 0.4) is 0 Å². The summed E-state index contributed by atoms with van der Waals surface area (Å²) in [6.07, 6.45) is 5.74. The summed E-state index contributed by atoms with van der Waals surface area (Å²) in [6, 6.07) is 13.0. The molecule has 0 saturated carbocycles. The SMILES string of the molecule is COc1cc(C(=O)NCCCCC#Cc2cn(Cc3ncc(C)c(OC)c3C)c3nc(N)nc(Cl)c23)ccc1NC(=O)[C@@H]1N[C@@H](CC(C)(C)C)[C@](C#N)(c2ccc(Cl)cc2F)[C@H]1c1cccc(Cl)c1F. The fraction of sp³-hybridized carbons (Fsp3) is 0.346. The van der Waals surface area contributed by atoms with Crippen molar-refractivity contribution < 1.29 is 27.8 Å². The Labute approximate surface area is 420 Å². The van der Waals surface area contributed by atoms with E-state index in [-0.39, 0.29) is 55.2 Å². The van der Waals surface area contributed by atoms with Crippen molar-refractivity contribution in [2.24, 2.45) is 5.41 Å². The van der Waals surface area contributed by atoms with E-state index in [2.05, 4.69) is 48.8 Å². The van der Waals surface area contributed by atoms with Gasteiger partial charge in [0.1, 0.15) is 39.3 Å². The molecule has 0 unspecified atom stereocenters. The van der Waals surface area contributed by atoms with Crippen molar-refractivity contribution in [1.82, 2.24) is 30.2 Å². The first kappa shape index (κ1) is 51.4. The number of aromatic nitrogens is 4. The van der Waals surface area contributed by atoms with Crippen molar-refractivity contribution in [3.63, 3.8) is 0 Å². The number of aryl methyl sites for hydroxylation is 1. The number of unbranched alkanes of at least 4 members (excludes halogenated alkanes) is 2. The molecule has 1 aliphatic rings. The fourth-order valence-corrected chi connectivity index (χ4v) is 9.88. The zero-order valence-electron chi connectivity index (χ0n) is 39.7. The van der Waals surface area contributed by atoms with Crippen LogP contribution in [0.1, 0.15) is 96.2 Å². The molecule has 6 aromatic rings. The number of anilines is 2. The Morgan fingerprint density at radius 2 is 1.80 bits per heavy atom. The summed E-state index contributed by atoms with van der Waals surface area (Å²) >= 11 is 19.0. The van der Waals surface area contributed by atoms with Crippen molar-refractivity contribution >= 4 is 69.3 Å². The number of nitrogens with one attached hydrogen (secondary N) is 3. The number of nitrogens with zero attached hydrogens (tertiary/aromatic N) is 5. The monoisotopic (exact) mass is 1010 g/mol. The van der Waals surface area contributed by atoms with Gasteiger partial charge in [-0.15, -0.1) is 0 Å². The minimum Gasteiger partial charge on any atom is -0.496 e. The Kier molecular flexibility index (Phi) is 15.6. The fourth-order valence-electron chi connectivity index (χ4n) is 9.27. The molecule has 13 nitrogen and oxygen atoms in total. The van der Waals surface area contributed by atoms with Gasteiger partial charge < -0.3 is 35.7 Å². The molecule has 2 amide bonds. The van der Waals surface area contributed by atoms with Crippen LogP contribution in [0, 0.1) is 54.1 Å². The highest BCUT2D eigenvalue weighted by atomic mass is 35.5. The van der Waals surface area contributed by atoms with Gasteiger partial charge in [-0.05, 0) is 80.5 Å². The third-order valence-electron chi connectivity index (χ3n) is 12.4. The van der Waals surface area contributed by atoms with Crippen LogP contribution in [0.4, 0.5) is 20.4 Å². The van der Waals surface area contributed by atoms with Crippen LogP contribution < -0.4 is 31.2 Å². The summed E-state index contributed by atoms with van der Waals surface area (Å²) in [4.78, 5) is 41.2. The van der Waals surface area contributed by atoms with Crippen molar-refractivity contribution in [2.75, 3.05) is 31.8 Å². The average molecular weight is 1010 g/mol. The predicted octanol–water partition coefficient (Wildman–Crippen LogP) is 10.2. The van der Waals surface area contributed by atoms with Crippen molar-refractivity contribution in [1.29, 1.82) is 5.26 Å². The molecule has 7 rings (SSSR count). The quantitative estimate of drug-likeness (QED) is 0.0466. The summed E-state index contributed by atoms with van der Waals surface area (Å²) in [7, 11) is 3.02. The minimum atomic E-state index is -1.82. The van der Waals surface area contributed by atoms with Crippen LogP contribution in [0.5, 0.6) is 11.5 Å². The Morgan fingerprint density at radius 1 is 1.03 bits per heavy atom. The number of halogens is 5. The first-order valence-electron chi connectivity index (χ1n) is 22.4. The lowest BCUT2D eigenvalue weighted by Gasteiger charge is -2.37. The average Bonchev–Trinajstić information content (AvgIpc) is 3.82. The van der Waals surface area contributed by atoms with Gasteiger partial charge in [0.15, 0.2) is 0 Å². The van der Waals surface area contributed by atoms with Gasteiger partial charge in [-0.25, -0.2) is 13.8 Å². The molecule has 3 aromatic carbocycles. The predicted molar refractivity (Wildman–Crippen MR) is 269 cm³/mol. The number of fused-ring (bicyclic) bond motifs is 1. The number of hydrogen-bond acceptors (Lipinski definition) is 10. The number of nitriles is 1. The highest BCUT2D eigenvalue weighted by Crippen LogP contribution is 2.53. The second kappa shape index (κ2) is 21.2. The third-order valence-corrected chi connectivity index (χ3v) is 13.3. The van der Waals surface area contributed by atoms with Crippen LogP contribution in [-0.2, 0) is 16.8 Å². The van der Waals surface area contributed by atoms with Gasteiger partial charge in [-0.1, -0.05) is 85.6 Å². The topological polar surface area (TPSA) is 182 Å². The van der Waals surface area contributed by atoms with E-state index >= 15 is 8.78 Å². The highest BCUT2D eigenvalue weighted by molar-refractivity contribution is 6.34. The molecule has 5 N–H and O–H groups in total. The smallest absolute Gasteiger partial charge is 0.251 e. The molecule has 3 aromatic heterocycles. The standard InChI is InChI=1S/C52H52Cl3F2N9O4/c1-28-24-61-38(29(2)45(28)70-7)26-66-25-31(41-46(55)64-50(59)65-47(41)66)13-10-8-9-11-20-60-48(67)30-16-19-37(39(21-30)69-6)62-49(68)44-42(33-14-12-15-35(54)43(33)57)52(27-58,40(63-44)23-51(3,4)5)34-18-17-32(53)22-36(34)56/h12,14-19,21-22,24-25,40,42,44,63H,8-9,11,20,23,26H2,1-7H3,(H,60,67)(H,62,68)(H2,59,64,65)/t40-,42-,44+,52-/m0/s1. The van der Waals surface area contributed by atoms with Crippen LogP contribution in [-0.4, -0.2) is 64.2 Å². The molecule has 364 valence electrons. The van der Waals surface area contributed by atoms with Crippen LogP contribution in [0.2, 0.25) is 15.2 Å². The van der Waals surface area contributed by atoms with E-state index in [1.54, 1.807) is 13.3 Å². The van der Waals surface area contributed by atoms with E-state index in [9.17, 15) is 14.9 Å². The van der Waals surface area contributed by atoms with Crippen molar-refractivity contribution in [2.45, 2.75) is 90.3 Å². The van der Waals surface area contributed by atoms with E-state index < -0.39 is 46.4 Å². The lowest BCUT2D eigenvalue weighted by Crippen LogP contribution is -2.45. The van der Waals surface area contributed by atoms with Gasteiger partial charge in [-0.2, -0.15) is 10.2 Å². The Balaban J connectivity index is 1.04. The maximum absolute atomic E-state index is 16.2. The lowest BCUT2D eigenvalue weighted by atomic mass is 9.62. The molecule has 70 heavy (non-hydrogen) atoms. The number of carbonyl (C=O) groups is 2. The molecule has 4 atom stereocenters. The number of methoxy groups -OCH3 is 2. The molecule has 1 fully saturated rings.